The van der Waals surface area contributed by atoms with Crippen molar-refractivity contribution < 1.29 is 29.0 Å². The summed E-state index contributed by atoms with van der Waals surface area (Å²) in [7, 11) is 1.25. The van der Waals surface area contributed by atoms with Gasteiger partial charge in [0, 0.05) is 13.5 Å². The Balaban J connectivity index is 0. The van der Waals surface area contributed by atoms with Crippen LogP contribution in [-0.4, -0.2) is 43.2 Å². The van der Waals surface area contributed by atoms with E-state index in [-0.39, 0.29) is 11.4 Å². The second-order valence-electron chi connectivity index (χ2n) is 3.17. The summed E-state index contributed by atoms with van der Waals surface area (Å²) in [5, 5.41) is 7.42. The van der Waals surface area contributed by atoms with Crippen LogP contribution in [0.4, 0.5) is 0 Å². The molecule has 0 radical (unpaired) electrons. The SMILES string of the molecule is CC(=O)O.CCOCCC=C(C(C)=O)C(=O)OC. The highest BCUT2D eigenvalue weighted by molar-refractivity contribution is 6.16. The molecule has 0 spiro atoms. The van der Waals surface area contributed by atoms with Gasteiger partial charge < -0.3 is 14.6 Å². The lowest BCUT2D eigenvalue weighted by molar-refractivity contribution is -0.138. The second-order valence-corrected chi connectivity index (χ2v) is 3.17. The molecule has 6 heteroatoms. The van der Waals surface area contributed by atoms with Crippen molar-refractivity contribution in [2.45, 2.75) is 27.2 Å². The van der Waals surface area contributed by atoms with Crippen molar-refractivity contribution in [2.75, 3.05) is 20.3 Å². The van der Waals surface area contributed by atoms with Gasteiger partial charge in [0.15, 0.2) is 5.78 Å². The zero-order chi connectivity index (χ0) is 14.6. The summed E-state index contributed by atoms with van der Waals surface area (Å²) in [5.41, 5.74) is 0.0900. The average Bonchev–Trinajstić information content (AvgIpc) is 2.27. The maximum Gasteiger partial charge on any atom is 0.341 e. The normalized spacial score (nSPS) is 10.1. The molecule has 0 aromatic heterocycles. The number of ether oxygens (including phenoxy) is 2. The molecule has 0 bridgehead atoms. The molecule has 6 nitrogen and oxygen atoms in total. The molecule has 0 unspecified atom stereocenters. The number of carboxylic acid groups (broad SMARTS) is 1. The fraction of sp³-hybridized carbons (Fsp3) is 0.583. The number of esters is 1. The van der Waals surface area contributed by atoms with E-state index in [4.69, 9.17) is 14.6 Å². The van der Waals surface area contributed by atoms with Gasteiger partial charge in [0.2, 0.25) is 0 Å². The standard InChI is InChI=1S/C10H16O4.C2H4O2/c1-4-14-7-5-6-9(8(2)11)10(12)13-3;1-2(3)4/h6H,4-5,7H2,1-3H3;1H3,(H,3,4). The van der Waals surface area contributed by atoms with Crippen LogP contribution in [0.15, 0.2) is 11.6 Å². The fourth-order valence-corrected chi connectivity index (χ4v) is 0.912. The van der Waals surface area contributed by atoms with E-state index < -0.39 is 11.9 Å². The number of hydrogen-bond acceptors (Lipinski definition) is 5. The first-order valence-corrected chi connectivity index (χ1v) is 5.43. The van der Waals surface area contributed by atoms with E-state index in [0.717, 1.165) is 6.92 Å². The van der Waals surface area contributed by atoms with Crippen LogP contribution >= 0.6 is 0 Å². The van der Waals surface area contributed by atoms with E-state index in [1.165, 1.54) is 14.0 Å². The van der Waals surface area contributed by atoms with Crippen LogP contribution in [0, 0.1) is 0 Å². The first-order valence-electron chi connectivity index (χ1n) is 5.43. The number of carboxylic acids is 1. The van der Waals surface area contributed by atoms with Crippen LogP contribution in [0.3, 0.4) is 0 Å². The molecule has 1 N–H and O–H groups in total. The minimum absolute atomic E-state index is 0.0900. The van der Waals surface area contributed by atoms with Gasteiger partial charge in [0.05, 0.1) is 19.3 Å². The van der Waals surface area contributed by atoms with Crippen molar-refractivity contribution >= 4 is 17.7 Å². The Morgan fingerprint density at radius 2 is 1.72 bits per heavy atom. The zero-order valence-corrected chi connectivity index (χ0v) is 11.2. The number of aliphatic carboxylic acids is 1. The summed E-state index contributed by atoms with van der Waals surface area (Å²) >= 11 is 0. The minimum atomic E-state index is -0.833. The van der Waals surface area contributed by atoms with Crippen LogP contribution < -0.4 is 0 Å². The van der Waals surface area contributed by atoms with Crippen LogP contribution in [0.25, 0.3) is 0 Å². The lowest BCUT2D eigenvalue weighted by Crippen LogP contribution is -2.12. The monoisotopic (exact) mass is 260 g/mol. The number of rotatable bonds is 6. The van der Waals surface area contributed by atoms with E-state index in [2.05, 4.69) is 4.74 Å². The van der Waals surface area contributed by atoms with E-state index in [0.29, 0.717) is 19.6 Å². The molecule has 0 fully saturated rings. The predicted molar refractivity (Wildman–Crippen MR) is 65.2 cm³/mol. The minimum Gasteiger partial charge on any atom is -0.481 e. The fourth-order valence-electron chi connectivity index (χ4n) is 0.912. The van der Waals surface area contributed by atoms with Crippen molar-refractivity contribution in [2.24, 2.45) is 0 Å². The van der Waals surface area contributed by atoms with Gasteiger partial charge in [0.25, 0.3) is 5.97 Å². The molecule has 0 aromatic rings. The van der Waals surface area contributed by atoms with Crippen LogP contribution in [0.5, 0.6) is 0 Å². The Labute approximate surface area is 107 Å². The van der Waals surface area contributed by atoms with Gasteiger partial charge in [0.1, 0.15) is 0 Å². The van der Waals surface area contributed by atoms with Crippen molar-refractivity contribution in [3.05, 3.63) is 11.6 Å². The molecule has 0 aliphatic heterocycles. The molecule has 18 heavy (non-hydrogen) atoms. The molecule has 104 valence electrons. The maximum absolute atomic E-state index is 11.1. The third kappa shape index (κ3) is 12.4. The molecule has 0 amide bonds. The summed E-state index contributed by atoms with van der Waals surface area (Å²) in [5.74, 6) is -1.71. The smallest absolute Gasteiger partial charge is 0.341 e. The Morgan fingerprint density at radius 3 is 2.06 bits per heavy atom. The molecular formula is C12H20O6. The van der Waals surface area contributed by atoms with Gasteiger partial charge in [-0.05, 0) is 20.3 Å². The molecule has 0 saturated heterocycles. The highest BCUT2D eigenvalue weighted by atomic mass is 16.5. The summed E-state index contributed by atoms with van der Waals surface area (Å²) < 4.78 is 9.53. The largest absolute Gasteiger partial charge is 0.481 e. The van der Waals surface area contributed by atoms with Crippen LogP contribution in [0.2, 0.25) is 0 Å². The number of Topliss-reactive ketones (excluding diaryl/α,β-unsaturated/α-hetero) is 1. The third-order valence-electron chi connectivity index (χ3n) is 1.60. The molecule has 0 atom stereocenters. The van der Waals surface area contributed by atoms with Gasteiger partial charge in [-0.15, -0.1) is 0 Å². The van der Waals surface area contributed by atoms with Gasteiger partial charge in [-0.3, -0.25) is 9.59 Å². The van der Waals surface area contributed by atoms with Gasteiger partial charge >= 0.3 is 5.97 Å². The Bertz CT molecular complexity index is 302. The van der Waals surface area contributed by atoms with E-state index in [1.807, 2.05) is 6.92 Å². The topological polar surface area (TPSA) is 89.9 Å². The number of ketones is 1. The summed E-state index contributed by atoms with van der Waals surface area (Å²) in [6.07, 6.45) is 2.08. The molecule has 0 rings (SSSR count). The first-order chi connectivity index (χ1) is 8.36. The number of hydrogen-bond donors (Lipinski definition) is 1. The van der Waals surface area contributed by atoms with Crippen molar-refractivity contribution in [3.8, 4) is 0 Å². The van der Waals surface area contributed by atoms with Crippen LogP contribution in [-0.2, 0) is 23.9 Å². The van der Waals surface area contributed by atoms with Crippen LogP contribution in [0.1, 0.15) is 27.2 Å². The second kappa shape index (κ2) is 11.8. The maximum atomic E-state index is 11.1. The Morgan fingerprint density at radius 1 is 1.22 bits per heavy atom. The van der Waals surface area contributed by atoms with Gasteiger partial charge in [-0.25, -0.2) is 4.79 Å². The van der Waals surface area contributed by atoms with Gasteiger partial charge in [-0.2, -0.15) is 0 Å². The first kappa shape index (κ1) is 18.7. The third-order valence-corrected chi connectivity index (χ3v) is 1.60. The van der Waals surface area contributed by atoms with Crippen molar-refractivity contribution in [3.63, 3.8) is 0 Å². The molecule has 0 aliphatic carbocycles. The summed E-state index contributed by atoms with van der Waals surface area (Å²) in [4.78, 5) is 31.1. The van der Waals surface area contributed by atoms with E-state index >= 15 is 0 Å². The Kier molecular flexibility index (Phi) is 12.2. The number of carbonyl (C=O) groups is 3. The molecule has 0 aliphatic rings. The predicted octanol–water partition coefficient (Wildman–Crippen LogP) is 1.19. The quantitative estimate of drug-likeness (QED) is 0.254. The molecule has 0 saturated carbocycles. The van der Waals surface area contributed by atoms with E-state index in [9.17, 15) is 9.59 Å². The number of methoxy groups -OCH3 is 1. The molecule has 0 heterocycles. The lowest BCUT2D eigenvalue weighted by atomic mass is 10.1. The Hall–Kier alpha value is -1.69. The van der Waals surface area contributed by atoms with Crippen molar-refractivity contribution in [1.29, 1.82) is 0 Å². The average molecular weight is 260 g/mol. The lowest BCUT2D eigenvalue weighted by Gasteiger charge is -2.01. The summed E-state index contributed by atoms with van der Waals surface area (Å²) in [6.45, 7) is 5.44. The van der Waals surface area contributed by atoms with E-state index in [1.54, 1.807) is 6.08 Å². The van der Waals surface area contributed by atoms with Gasteiger partial charge in [-0.1, -0.05) is 6.08 Å². The molecule has 0 aromatic carbocycles. The summed E-state index contributed by atoms with van der Waals surface area (Å²) in [6, 6.07) is 0. The highest BCUT2D eigenvalue weighted by Gasteiger charge is 2.13. The highest BCUT2D eigenvalue weighted by Crippen LogP contribution is 2.01. The molecular weight excluding hydrogens is 240 g/mol. The zero-order valence-electron chi connectivity index (χ0n) is 11.2. The van der Waals surface area contributed by atoms with Crippen molar-refractivity contribution in [1.82, 2.24) is 0 Å². The number of carbonyl (C=O) groups excluding carboxylic acids is 2.